The zero-order valence-electron chi connectivity index (χ0n) is 12.9. The predicted octanol–water partition coefficient (Wildman–Crippen LogP) is 3.44. The lowest BCUT2D eigenvalue weighted by Gasteiger charge is -2.27. The fourth-order valence-corrected chi connectivity index (χ4v) is 3.11. The lowest BCUT2D eigenvalue weighted by atomic mass is 9.82. The van der Waals surface area contributed by atoms with E-state index in [2.05, 4.69) is 12.2 Å². The maximum absolute atomic E-state index is 12.5. The lowest BCUT2D eigenvalue weighted by molar-refractivity contribution is -0.127. The van der Waals surface area contributed by atoms with Crippen molar-refractivity contribution in [2.45, 2.75) is 51.5 Å². The summed E-state index contributed by atoms with van der Waals surface area (Å²) in [6.45, 7) is 2.43. The van der Waals surface area contributed by atoms with E-state index in [0.717, 1.165) is 43.6 Å². The summed E-state index contributed by atoms with van der Waals surface area (Å²) in [5, 5.41) is 12.3. The van der Waals surface area contributed by atoms with E-state index < -0.39 is 0 Å². The highest BCUT2D eigenvalue weighted by Gasteiger charge is 2.26. The van der Waals surface area contributed by atoms with Gasteiger partial charge in [0.2, 0.25) is 5.91 Å². The maximum Gasteiger partial charge on any atom is 0.223 e. The van der Waals surface area contributed by atoms with Crippen molar-refractivity contribution in [3.05, 3.63) is 35.9 Å². The number of aliphatic hydroxyl groups is 1. The summed E-state index contributed by atoms with van der Waals surface area (Å²) in [6.07, 6.45) is 5.83. The average Bonchev–Trinajstić information content (AvgIpc) is 2.52. The number of benzene rings is 1. The molecule has 1 amide bonds. The predicted molar refractivity (Wildman–Crippen MR) is 84.8 cm³/mol. The molecule has 2 N–H and O–H groups in total. The molecule has 21 heavy (non-hydrogen) atoms. The molecule has 1 aliphatic rings. The van der Waals surface area contributed by atoms with Gasteiger partial charge in [-0.2, -0.15) is 0 Å². The summed E-state index contributed by atoms with van der Waals surface area (Å²) in [5.74, 6) is 1.11. The molecule has 0 radical (unpaired) electrons. The molecule has 0 spiro atoms. The zero-order chi connectivity index (χ0) is 15.1. The van der Waals surface area contributed by atoms with E-state index >= 15 is 0 Å². The van der Waals surface area contributed by atoms with Gasteiger partial charge < -0.3 is 10.4 Å². The molecule has 1 aliphatic carbocycles. The molecule has 0 bridgehead atoms. The fourth-order valence-electron chi connectivity index (χ4n) is 3.11. The van der Waals surface area contributed by atoms with Gasteiger partial charge in [-0.05, 0) is 50.0 Å². The molecule has 0 heterocycles. The van der Waals surface area contributed by atoms with Crippen LogP contribution >= 0.6 is 0 Å². The third-order valence-electron chi connectivity index (χ3n) is 4.56. The van der Waals surface area contributed by atoms with Crippen LogP contribution in [0.4, 0.5) is 0 Å². The van der Waals surface area contributed by atoms with Gasteiger partial charge in [-0.25, -0.2) is 0 Å². The van der Waals surface area contributed by atoms with Gasteiger partial charge in [-0.3, -0.25) is 4.79 Å². The van der Waals surface area contributed by atoms with Crippen molar-refractivity contribution in [2.24, 2.45) is 11.8 Å². The van der Waals surface area contributed by atoms with Crippen LogP contribution in [0, 0.1) is 11.8 Å². The van der Waals surface area contributed by atoms with Crippen molar-refractivity contribution in [3.8, 4) is 0 Å². The molecular formula is C18H27NO2. The summed E-state index contributed by atoms with van der Waals surface area (Å²) in [7, 11) is 0. The topological polar surface area (TPSA) is 49.3 Å². The van der Waals surface area contributed by atoms with Crippen molar-refractivity contribution < 1.29 is 9.90 Å². The molecule has 1 aromatic carbocycles. The highest BCUT2D eigenvalue weighted by molar-refractivity contribution is 5.79. The third-order valence-corrected chi connectivity index (χ3v) is 4.56. The third kappa shape index (κ3) is 4.85. The van der Waals surface area contributed by atoms with Crippen LogP contribution < -0.4 is 5.32 Å². The summed E-state index contributed by atoms with van der Waals surface area (Å²) >= 11 is 0. The lowest BCUT2D eigenvalue weighted by Crippen LogP contribution is -2.35. The first-order chi connectivity index (χ1) is 10.2. The van der Waals surface area contributed by atoms with Gasteiger partial charge >= 0.3 is 0 Å². The smallest absolute Gasteiger partial charge is 0.223 e. The Balaban J connectivity index is 1.96. The van der Waals surface area contributed by atoms with Gasteiger partial charge in [0, 0.05) is 12.5 Å². The first kappa shape index (κ1) is 16.0. The number of hydrogen-bond donors (Lipinski definition) is 2. The molecule has 3 heteroatoms. The number of carbonyl (C=O) groups excluding carboxylic acids is 1. The van der Waals surface area contributed by atoms with Crippen LogP contribution in [0.25, 0.3) is 0 Å². The van der Waals surface area contributed by atoms with E-state index in [-0.39, 0.29) is 24.5 Å². The van der Waals surface area contributed by atoms with Crippen LogP contribution in [0.2, 0.25) is 0 Å². The van der Waals surface area contributed by atoms with Crippen molar-refractivity contribution in [3.63, 3.8) is 0 Å². The molecule has 0 aliphatic heterocycles. The Morgan fingerprint density at radius 1 is 1.24 bits per heavy atom. The summed E-state index contributed by atoms with van der Waals surface area (Å²) in [5.41, 5.74) is 1.13. The highest BCUT2D eigenvalue weighted by atomic mass is 16.3. The Kier molecular flexibility index (Phi) is 6.24. The van der Waals surface area contributed by atoms with Gasteiger partial charge in [-0.15, -0.1) is 0 Å². The maximum atomic E-state index is 12.5. The highest BCUT2D eigenvalue weighted by Crippen LogP contribution is 2.29. The van der Waals surface area contributed by atoms with Gasteiger partial charge in [0.25, 0.3) is 0 Å². The van der Waals surface area contributed by atoms with Crippen LogP contribution in [0.5, 0.6) is 0 Å². The van der Waals surface area contributed by atoms with E-state index in [1.54, 1.807) is 0 Å². The fraction of sp³-hybridized carbons (Fsp3) is 0.611. The molecular weight excluding hydrogens is 262 g/mol. The Bertz CT molecular complexity index is 424. The van der Waals surface area contributed by atoms with E-state index in [0.29, 0.717) is 6.42 Å². The molecule has 116 valence electrons. The Hall–Kier alpha value is -1.35. The monoisotopic (exact) mass is 289 g/mol. The number of aliphatic hydroxyl groups excluding tert-OH is 1. The number of carbonyl (C=O) groups is 1. The molecule has 1 unspecified atom stereocenters. The van der Waals surface area contributed by atoms with Crippen molar-refractivity contribution in [2.75, 3.05) is 6.61 Å². The van der Waals surface area contributed by atoms with E-state index in [1.165, 1.54) is 0 Å². The minimum atomic E-state index is 0.0187. The van der Waals surface area contributed by atoms with E-state index in [1.807, 2.05) is 30.3 Å². The van der Waals surface area contributed by atoms with Crippen LogP contribution in [0.1, 0.15) is 57.1 Å². The summed E-state index contributed by atoms with van der Waals surface area (Å²) in [4.78, 5) is 12.5. The Labute approximate surface area is 127 Å². The molecule has 0 aromatic heterocycles. The first-order valence-corrected chi connectivity index (χ1v) is 8.17. The molecule has 2 rings (SSSR count). The first-order valence-electron chi connectivity index (χ1n) is 8.17. The Morgan fingerprint density at radius 2 is 1.90 bits per heavy atom. The molecule has 1 aromatic rings. The van der Waals surface area contributed by atoms with Crippen molar-refractivity contribution >= 4 is 5.91 Å². The van der Waals surface area contributed by atoms with Crippen LogP contribution in [0.15, 0.2) is 30.3 Å². The zero-order valence-corrected chi connectivity index (χ0v) is 12.9. The van der Waals surface area contributed by atoms with E-state index in [9.17, 15) is 4.79 Å². The number of rotatable bonds is 6. The van der Waals surface area contributed by atoms with Crippen molar-refractivity contribution in [1.82, 2.24) is 5.32 Å². The minimum Gasteiger partial charge on any atom is -0.396 e. The number of amides is 1. The van der Waals surface area contributed by atoms with Gasteiger partial charge in [0.15, 0.2) is 0 Å². The standard InChI is InChI=1S/C18H27NO2/c1-14-9-11-16(12-10-14)18(21)19-17(8-5-13-20)15-6-3-2-4-7-15/h2-4,6-7,14,16-17,20H,5,8-13H2,1H3,(H,19,21). The second kappa shape index (κ2) is 8.18. The second-order valence-electron chi connectivity index (χ2n) is 6.29. The molecule has 1 saturated carbocycles. The number of hydrogen-bond acceptors (Lipinski definition) is 2. The largest absolute Gasteiger partial charge is 0.396 e. The quantitative estimate of drug-likeness (QED) is 0.843. The SMILES string of the molecule is CC1CCC(C(=O)NC(CCCO)c2ccccc2)CC1. The minimum absolute atomic E-state index is 0.0187. The second-order valence-corrected chi connectivity index (χ2v) is 6.29. The van der Waals surface area contributed by atoms with Gasteiger partial charge in [-0.1, -0.05) is 37.3 Å². The van der Waals surface area contributed by atoms with Crippen LogP contribution in [0.3, 0.4) is 0 Å². The molecule has 0 saturated heterocycles. The molecule has 1 fully saturated rings. The normalized spacial score (nSPS) is 23.5. The van der Waals surface area contributed by atoms with Crippen molar-refractivity contribution in [1.29, 1.82) is 0 Å². The van der Waals surface area contributed by atoms with Crippen LogP contribution in [-0.4, -0.2) is 17.6 Å². The number of nitrogens with one attached hydrogen (secondary N) is 1. The molecule has 1 atom stereocenters. The Morgan fingerprint density at radius 3 is 2.52 bits per heavy atom. The summed E-state index contributed by atoms with van der Waals surface area (Å²) < 4.78 is 0. The van der Waals surface area contributed by atoms with E-state index in [4.69, 9.17) is 5.11 Å². The average molecular weight is 289 g/mol. The summed E-state index contributed by atoms with van der Waals surface area (Å²) in [6, 6.07) is 10.1. The van der Waals surface area contributed by atoms with Gasteiger partial charge in [0.05, 0.1) is 6.04 Å². The van der Waals surface area contributed by atoms with Gasteiger partial charge in [0.1, 0.15) is 0 Å². The van der Waals surface area contributed by atoms with Crippen LogP contribution in [-0.2, 0) is 4.79 Å². The molecule has 3 nitrogen and oxygen atoms in total.